The first kappa shape index (κ1) is 21.1. The molecule has 1 saturated heterocycles. The molecule has 4 rings (SSSR count). The molecule has 1 fully saturated rings. The molecule has 0 unspecified atom stereocenters. The minimum Gasteiger partial charge on any atom is -0.497 e. The molecule has 31 heavy (non-hydrogen) atoms. The van der Waals surface area contributed by atoms with Crippen molar-refractivity contribution >= 4 is 5.91 Å². The number of rotatable bonds is 7. The minimum absolute atomic E-state index is 0.206. The number of amides is 1. The first-order chi connectivity index (χ1) is 15.1. The predicted molar refractivity (Wildman–Crippen MR) is 121 cm³/mol. The molecule has 0 saturated carbocycles. The number of aryl methyl sites for hydroxylation is 1. The summed E-state index contributed by atoms with van der Waals surface area (Å²) in [5, 5.41) is 0. The van der Waals surface area contributed by atoms with Crippen molar-refractivity contribution in [2.24, 2.45) is 5.92 Å². The number of hydrogen-bond donors (Lipinski definition) is 0. The Bertz CT molecular complexity index is 1010. The summed E-state index contributed by atoms with van der Waals surface area (Å²) in [6, 6.07) is 11.8. The molecule has 3 aromatic rings. The number of pyridine rings is 1. The van der Waals surface area contributed by atoms with Gasteiger partial charge in [0, 0.05) is 49.5 Å². The number of likely N-dealkylation sites (tertiary alicyclic amines) is 1. The lowest BCUT2D eigenvalue weighted by molar-refractivity contribution is -0.131. The molecule has 0 N–H and O–H groups in total. The molecule has 0 bridgehead atoms. The van der Waals surface area contributed by atoms with E-state index in [1.165, 1.54) is 5.69 Å². The maximum absolute atomic E-state index is 12.7. The van der Waals surface area contributed by atoms with Gasteiger partial charge in [0.15, 0.2) is 0 Å². The standard InChI is InChI=1S/C25H30N4O2/c1-19-18-27-25(22-6-11-26-12-7-22)29(19)15-10-20-8-13-28(14-9-20)24(30)17-21-4-3-5-23(16-21)31-2/h3-7,11-12,16,18,20H,8-10,13-15,17H2,1-2H3. The monoisotopic (exact) mass is 418 g/mol. The third-order valence-electron chi connectivity index (χ3n) is 6.21. The molecule has 2 aromatic heterocycles. The van der Waals surface area contributed by atoms with E-state index in [0.29, 0.717) is 12.3 Å². The van der Waals surface area contributed by atoms with Crippen LogP contribution >= 0.6 is 0 Å². The van der Waals surface area contributed by atoms with Gasteiger partial charge in [0.25, 0.3) is 0 Å². The van der Waals surface area contributed by atoms with E-state index in [2.05, 4.69) is 21.5 Å². The van der Waals surface area contributed by atoms with E-state index in [9.17, 15) is 4.79 Å². The normalized spacial score (nSPS) is 14.6. The summed E-state index contributed by atoms with van der Waals surface area (Å²) < 4.78 is 7.57. The van der Waals surface area contributed by atoms with Crippen molar-refractivity contribution in [3.8, 4) is 17.1 Å². The summed E-state index contributed by atoms with van der Waals surface area (Å²) in [7, 11) is 1.65. The van der Waals surface area contributed by atoms with Crippen molar-refractivity contribution in [1.29, 1.82) is 0 Å². The minimum atomic E-state index is 0.206. The Morgan fingerprint density at radius 2 is 1.94 bits per heavy atom. The van der Waals surface area contributed by atoms with Gasteiger partial charge in [-0.2, -0.15) is 0 Å². The van der Waals surface area contributed by atoms with Gasteiger partial charge in [0.1, 0.15) is 11.6 Å². The Morgan fingerprint density at radius 1 is 1.16 bits per heavy atom. The molecule has 0 spiro atoms. The Morgan fingerprint density at radius 3 is 2.68 bits per heavy atom. The van der Waals surface area contributed by atoms with E-state index in [-0.39, 0.29) is 5.91 Å². The van der Waals surface area contributed by atoms with Crippen molar-refractivity contribution in [2.45, 2.75) is 39.2 Å². The second-order valence-electron chi connectivity index (χ2n) is 8.25. The van der Waals surface area contributed by atoms with Crippen LogP contribution in [0.3, 0.4) is 0 Å². The van der Waals surface area contributed by atoms with Gasteiger partial charge in [-0.1, -0.05) is 12.1 Å². The molecule has 0 aliphatic carbocycles. The molecule has 3 heterocycles. The summed E-state index contributed by atoms with van der Waals surface area (Å²) in [6.07, 6.45) is 9.21. The van der Waals surface area contributed by atoms with Crippen molar-refractivity contribution in [3.63, 3.8) is 0 Å². The number of ether oxygens (including phenoxy) is 1. The second kappa shape index (κ2) is 9.77. The molecule has 0 atom stereocenters. The van der Waals surface area contributed by atoms with Crippen LogP contribution in [0, 0.1) is 12.8 Å². The van der Waals surface area contributed by atoms with Gasteiger partial charge < -0.3 is 14.2 Å². The fourth-order valence-electron chi connectivity index (χ4n) is 4.33. The van der Waals surface area contributed by atoms with E-state index in [1.54, 1.807) is 7.11 Å². The quantitative estimate of drug-likeness (QED) is 0.579. The number of benzene rings is 1. The summed E-state index contributed by atoms with van der Waals surface area (Å²) in [4.78, 5) is 23.5. The highest BCUT2D eigenvalue weighted by molar-refractivity contribution is 5.79. The lowest BCUT2D eigenvalue weighted by atomic mass is 9.93. The van der Waals surface area contributed by atoms with Crippen molar-refractivity contribution in [3.05, 3.63) is 66.2 Å². The second-order valence-corrected chi connectivity index (χ2v) is 8.25. The number of imidazole rings is 1. The smallest absolute Gasteiger partial charge is 0.226 e. The van der Waals surface area contributed by atoms with Gasteiger partial charge in [-0.25, -0.2) is 4.98 Å². The van der Waals surface area contributed by atoms with Gasteiger partial charge >= 0.3 is 0 Å². The maximum atomic E-state index is 12.7. The Kier molecular flexibility index (Phi) is 6.65. The zero-order valence-electron chi connectivity index (χ0n) is 18.3. The van der Waals surface area contributed by atoms with Crippen LogP contribution in [0.2, 0.25) is 0 Å². The van der Waals surface area contributed by atoms with Crippen LogP contribution in [0.1, 0.15) is 30.5 Å². The van der Waals surface area contributed by atoms with Crippen LogP contribution in [0.4, 0.5) is 0 Å². The Balaban J connectivity index is 1.29. The molecule has 1 amide bonds. The lowest BCUT2D eigenvalue weighted by Crippen LogP contribution is -2.39. The predicted octanol–water partition coefficient (Wildman–Crippen LogP) is 4.13. The third kappa shape index (κ3) is 5.13. The van der Waals surface area contributed by atoms with Gasteiger partial charge in [0.2, 0.25) is 5.91 Å². The van der Waals surface area contributed by atoms with Crippen LogP contribution < -0.4 is 4.74 Å². The van der Waals surface area contributed by atoms with Crippen LogP contribution in [0.25, 0.3) is 11.4 Å². The number of aromatic nitrogens is 3. The van der Waals surface area contributed by atoms with E-state index >= 15 is 0 Å². The van der Waals surface area contributed by atoms with E-state index in [1.807, 2.05) is 59.9 Å². The van der Waals surface area contributed by atoms with E-state index in [0.717, 1.165) is 61.6 Å². The fraction of sp³-hybridized carbons (Fsp3) is 0.400. The van der Waals surface area contributed by atoms with E-state index < -0.39 is 0 Å². The number of carbonyl (C=O) groups is 1. The number of nitrogens with zero attached hydrogens (tertiary/aromatic N) is 4. The highest BCUT2D eigenvalue weighted by Gasteiger charge is 2.23. The maximum Gasteiger partial charge on any atom is 0.226 e. The highest BCUT2D eigenvalue weighted by Crippen LogP contribution is 2.25. The molecule has 0 radical (unpaired) electrons. The summed E-state index contributed by atoms with van der Waals surface area (Å²) in [6.45, 7) is 4.74. The van der Waals surface area contributed by atoms with Gasteiger partial charge in [-0.3, -0.25) is 9.78 Å². The molecule has 1 aliphatic heterocycles. The number of carbonyl (C=O) groups excluding carboxylic acids is 1. The van der Waals surface area contributed by atoms with E-state index in [4.69, 9.17) is 4.74 Å². The molecular formula is C25H30N4O2. The molecule has 1 aliphatic rings. The Labute approximate surface area is 183 Å². The molecule has 6 heteroatoms. The largest absolute Gasteiger partial charge is 0.497 e. The summed E-state index contributed by atoms with van der Waals surface area (Å²) in [5.41, 5.74) is 3.28. The zero-order valence-corrected chi connectivity index (χ0v) is 18.3. The van der Waals surface area contributed by atoms with Crippen molar-refractivity contribution in [2.75, 3.05) is 20.2 Å². The topological polar surface area (TPSA) is 60.2 Å². The lowest BCUT2D eigenvalue weighted by Gasteiger charge is -2.32. The zero-order chi connectivity index (χ0) is 21.6. The number of methoxy groups -OCH3 is 1. The average Bonchev–Trinajstić information content (AvgIpc) is 3.19. The molecular weight excluding hydrogens is 388 g/mol. The average molecular weight is 419 g/mol. The highest BCUT2D eigenvalue weighted by atomic mass is 16.5. The molecule has 1 aromatic carbocycles. The van der Waals surface area contributed by atoms with Crippen LogP contribution in [0.15, 0.2) is 55.0 Å². The third-order valence-corrected chi connectivity index (χ3v) is 6.21. The van der Waals surface area contributed by atoms with Crippen LogP contribution in [-0.4, -0.2) is 45.5 Å². The first-order valence-electron chi connectivity index (χ1n) is 11.0. The van der Waals surface area contributed by atoms with Gasteiger partial charge in [0.05, 0.1) is 13.5 Å². The van der Waals surface area contributed by atoms with Crippen LogP contribution in [0.5, 0.6) is 5.75 Å². The molecule has 162 valence electrons. The first-order valence-corrected chi connectivity index (χ1v) is 11.0. The van der Waals surface area contributed by atoms with Crippen LogP contribution in [-0.2, 0) is 17.8 Å². The SMILES string of the molecule is COc1cccc(CC(=O)N2CCC(CCn3c(C)cnc3-c3ccncc3)CC2)c1. The van der Waals surface area contributed by atoms with Crippen molar-refractivity contribution < 1.29 is 9.53 Å². The summed E-state index contributed by atoms with van der Waals surface area (Å²) >= 11 is 0. The summed E-state index contributed by atoms with van der Waals surface area (Å²) in [5.74, 6) is 2.64. The van der Waals surface area contributed by atoms with Gasteiger partial charge in [-0.05, 0) is 61.9 Å². The number of hydrogen-bond acceptors (Lipinski definition) is 4. The number of piperidine rings is 1. The van der Waals surface area contributed by atoms with Crippen molar-refractivity contribution in [1.82, 2.24) is 19.4 Å². The fourth-order valence-corrected chi connectivity index (χ4v) is 4.33. The van der Waals surface area contributed by atoms with Gasteiger partial charge in [-0.15, -0.1) is 0 Å². The Hall–Kier alpha value is -3.15. The molecule has 6 nitrogen and oxygen atoms in total.